The molecule has 23 heavy (non-hydrogen) atoms. The summed E-state index contributed by atoms with van der Waals surface area (Å²) < 4.78 is 11.4. The smallest absolute Gasteiger partial charge is 0.255 e. The van der Waals surface area contributed by atoms with Gasteiger partial charge in [0.1, 0.15) is 0 Å². The van der Waals surface area contributed by atoms with E-state index in [1.807, 2.05) is 26.2 Å². The lowest BCUT2D eigenvalue weighted by atomic mass is 10.2. The zero-order valence-electron chi connectivity index (χ0n) is 13.4. The number of carbonyl (C=O) groups excluding carboxylic acids is 1. The molecule has 0 aliphatic heterocycles. The molecule has 0 heterocycles. The summed E-state index contributed by atoms with van der Waals surface area (Å²) in [5.41, 5.74) is 6.14. The van der Waals surface area contributed by atoms with Gasteiger partial charge in [0.25, 0.3) is 5.91 Å². The standard InChI is InChI=1S/C14H22BrN3O3.2ClH/c1-18(2)5-4-17-8-10-6-11(15)14(12(7-10)20-3)21-9-13(16)19;;/h6-7,17H,4-5,8-9H2,1-3H3,(H2,16,19);2*1H. The number of hydrogen-bond acceptors (Lipinski definition) is 5. The van der Waals surface area contributed by atoms with E-state index in [0.717, 1.165) is 29.7 Å². The first-order valence-electron chi connectivity index (χ1n) is 6.57. The molecule has 0 saturated carbocycles. The summed E-state index contributed by atoms with van der Waals surface area (Å²) in [6, 6.07) is 3.81. The third-order valence-corrected chi connectivity index (χ3v) is 3.30. The molecular weight excluding hydrogens is 409 g/mol. The Balaban J connectivity index is 0. The molecule has 0 aromatic heterocycles. The maximum absolute atomic E-state index is 10.8. The molecule has 0 saturated heterocycles. The van der Waals surface area contributed by atoms with Gasteiger partial charge >= 0.3 is 0 Å². The Morgan fingerprint density at radius 2 is 2.00 bits per heavy atom. The minimum atomic E-state index is -0.529. The van der Waals surface area contributed by atoms with Gasteiger partial charge in [0.2, 0.25) is 0 Å². The molecule has 0 atom stereocenters. The molecule has 134 valence electrons. The summed E-state index contributed by atoms with van der Waals surface area (Å²) in [6.07, 6.45) is 0. The van der Waals surface area contributed by atoms with Crippen LogP contribution in [0.4, 0.5) is 0 Å². The van der Waals surface area contributed by atoms with E-state index < -0.39 is 5.91 Å². The lowest BCUT2D eigenvalue weighted by molar-refractivity contribution is -0.119. The molecule has 0 aliphatic carbocycles. The number of hydrogen-bond donors (Lipinski definition) is 2. The van der Waals surface area contributed by atoms with Crippen LogP contribution in [0.2, 0.25) is 0 Å². The van der Waals surface area contributed by atoms with E-state index in [9.17, 15) is 4.79 Å². The van der Waals surface area contributed by atoms with E-state index in [4.69, 9.17) is 15.2 Å². The number of amides is 1. The molecule has 0 unspecified atom stereocenters. The molecule has 0 spiro atoms. The van der Waals surface area contributed by atoms with E-state index in [1.54, 1.807) is 7.11 Å². The number of methoxy groups -OCH3 is 1. The van der Waals surface area contributed by atoms with Crippen LogP contribution in [0.1, 0.15) is 5.56 Å². The summed E-state index contributed by atoms with van der Waals surface area (Å²) in [6.45, 7) is 2.40. The number of primary amides is 1. The SMILES string of the molecule is COc1cc(CNCCN(C)C)cc(Br)c1OCC(N)=O.Cl.Cl. The predicted molar refractivity (Wildman–Crippen MR) is 100 cm³/mol. The number of likely N-dealkylation sites (N-methyl/N-ethyl adjacent to an activating group) is 1. The molecule has 6 nitrogen and oxygen atoms in total. The van der Waals surface area contributed by atoms with Crippen molar-refractivity contribution >= 4 is 46.7 Å². The van der Waals surface area contributed by atoms with Crippen LogP contribution in [-0.2, 0) is 11.3 Å². The van der Waals surface area contributed by atoms with Crippen molar-refractivity contribution in [3.63, 3.8) is 0 Å². The van der Waals surface area contributed by atoms with Crippen LogP contribution in [0.5, 0.6) is 11.5 Å². The zero-order chi connectivity index (χ0) is 15.8. The second kappa shape index (κ2) is 12.7. The minimum absolute atomic E-state index is 0. The van der Waals surface area contributed by atoms with E-state index in [1.165, 1.54) is 0 Å². The average molecular weight is 433 g/mol. The number of nitrogens with two attached hydrogens (primary N) is 1. The largest absolute Gasteiger partial charge is 0.493 e. The molecule has 1 rings (SSSR count). The van der Waals surface area contributed by atoms with Crippen molar-refractivity contribution in [3.8, 4) is 11.5 Å². The normalized spacial score (nSPS) is 9.78. The van der Waals surface area contributed by atoms with Gasteiger partial charge in [-0.1, -0.05) is 0 Å². The van der Waals surface area contributed by atoms with Crippen LogP contribution in [-0.4, -0.2) is 51.7 Å². The summed E-state index contributed by atoms with van der Waals surface area (Å²) in [7, 11) is 5.63. The maximum Gasteiger partial charge on any atom is 0.255 e. The quantitative estimate of drug-likeness (QED) is 0.582. The van der Waals surface area contributed by atoms with Crippen molar-refractivity contribution in [3.05, 3.63) is 22.2 Å². The summed E-state index contributed by atoms with van der Waals surface area (Å²) in [4.78, 5) is 12.9. The number of halogens is 3. The molecule has 9 heteroatoms. The Kier molecular flexibility index (Phi) is 13.5. The highest BCUT2D eigenvalue weighted by Crippen LogP contribution is 2.36. The highest BCUT2D eigenvalue weighted by molar-refractivity contribution is 9.10. The number of rotatable bonds is 9. The van der Waals surface area contributed by atoms with Crippen molar-refractivity contribution in [2.75, 3.05) is 40.9 Å². The Bertz CT molecular complexity index is 491. The number of ether oxygens (including phenoxy) is 2. The van der Waals surface area contributed by atoms with E-state index in [-0.39, 0.29) is 31.4 Å². The lowest BCUT2D eigenvalue weighted by Crippen LogP contribution is -2.26. The number of carbonyl (C=O) groups is 1. The fourth-order valence-electron chi connectivity index (χ4n) is 1.69. The van der Waals surface area contributed by atoms with Gasteiger partial charge in [-0.05, 0) is 47.7 Å². The Labute approximate surface area is 158 Å². The van der Waals surface area contributed by atoms with Crippen molar-refractivity contribution in [1.82, 2.24) is 10.2 Å². The molecule has 0 aliphatic rings. The Morgan fingerprint density at radius 1 is 1.35 bits per heavy atom. The second-order valence-corrected chi connectivity index (χ2v) is 5.70. The van der Waals surface area contributed by atoms with Crippen LogP contribution < -0.4 is 20.5 Å². The van der Waals surface area contributed by atoms with Crippen molar-refractivity contribution in [2.45, 2.75) is 6.54 Å². The fraction of sp³-hybridized carbons (Fsp3) is 0.500. The van der Waals surface area contributed by atoms with E-state index in [0.29, 0.717) is 11.5 Å². The van der Waals surface area contributed by atoms with Gasteiger partial charge in [0, 0.05) is 19.6 Å². The Morgan fingerprint density at radius 3 is 2.52 bits per heavy atom. The average Bonchev–Trinajstić information content (AvgIpc) is 2.41. The third-order valence-electron chi connectivity index (χ3n) is 2.71. The molecule has 0 radical (unpaired) electrons. The third kappa shape index (κ3) is 9.22. The molecular formula is C14H24BrCl2N3O3. The molecule has 1 aromatic rings. The van der Waals surface area contributed by atoms with E-state index in [2.05, 4.69) is 26.1 Å². The molecule has 0 fully saturated rings. The zero-order valence-corrected chi connectivity index (χ0v) is 16.6. The fourth-order valence-corrected chi connectivity index (χ4v) is 2.30. The van der Waals surface area contributed by atoms with Gasteiger partial charge in [-0.25, -0.2) is 0 Å². The highest BCUT2D eigenvalue weighted by atomic mass is 79.9. The van der Waals surface area contributed by atoms with Crippen molar-refractivity contribution in [1.29, 1.82) is 0 Å². The van der Waals surface area contributed by atoms with Crippen LogP contribution in [0.3, 0.4) is 0 Å². The van der Waals surface area contributed by atoms with Crippen molar-refractivity contribution in [2.24, 2.45) is 5.73 Å². The first-order valence-corrected chi connectivity index (χ1v) is 7.36. The van der Waals surface area contributed by atoms with Crippen LogP contribution in [0, 0.1) is 0 Å². The van der Waals surface area contributed by atoms with Gasteiger partial charge in [-0.15, -0.1) is 24.8 Å². The van der Waals surface area contributed by atoms with E-state index >= 15 is 0 Å². The van der Waals surface area contributed by atoms with Gasteiger partial charge in [0.15, 0.2) is 18.1 Å². The van der Waals surface area contributed by atoms with Gasteiger partial charge in [-0.2, -0.15) is 0 Å². The van der Waals surface area contributed by atoms with Gasteiger partial charge < -0.3 is 25.4 Å². The number of benzene rings is 1. The monoisotopic (exact) mass is 431 g/mol. The van der Waals surface area contributed by atoms with Crippen LogP contribution >= 0.6 is 40.7 Å². The van der Waals surface area contributed by atoms with Crippen molar-refractivity contribution < 1.29 is 14.3 Å². The second-order valence-electron chi connectivity index (χ2n) is 4.84. The van der Waals surface area contributed by atoms with Gasteiger partial charge in [-0.3, -0.25) is 4.79 Å². The molecule has 0 bridgehead atoms. The Hall–Kier alpha value is -0.730. The van der Waals surface area contributed by atoms with Gasteiger partial charge in [0.05, 0.1) is 11.6 Å². The first kappa shape index (κ1) is 24.5. The molecule has 1 amide bonds. The highest BCUT2D eigenvalue weighted by Gasteiger charge is 2.12. The number of nitrogens with zero attached hydrogens (tertiary/aromatic N) is 1. The van der Waals surface area contributed by atoms with Crippen LogP contribution in [0.25, 0.3) is 0 Å². The summed E-state index contributed by atoms with van der Waals surface area (Å²) in [5.74, 6) is 0.516. The number of nitrogens with one attached hydrogen (secondary N) is 1. The lowest BCUT2D eigenvalue weighted by Gasteiger charge is -2.14. The minimum Gasteiger partial charge on any atom is -0.493 e. The van der Waals surface area contributed by atoms with Crippen LogP contribution in [0.15, 0.2) is 16.6 Å². The maximum atomic E-state index is 10.8. The predicted octanol–water partition coefficient (Wildman–Crippen LogP) is 1.82. The molecule has 1 aromatic carbocycles. The first-order chi connectivity index (χ1) is 9.93. The summed E-state index contributed by atoms with van der Waals surface area (Å²) >= 11 is 3.43. The topological polar surface area (TPSA) is 76.8 Å². The molecule has 3 N–H and O–H groups in total. The summed E-state index contributed by atoms with van der Waals surface area (Å²) in [5, 5.41) is 3.35.